The van der Waals surface area contributed by atoms with Crippen LogP contribution in [0.4, 0.5) is 0 Å². The molecule has 8 N–H and O–H groups in total. The van der Waals surface area contributed by atoms with E-state index in [9.17, 15) is 29.1 Å². The average Bonchev–Trinajstić information content (AvgIpc) is 2.69. The maximum atomic E-state index is 12.4. The molecule has 0 saturated carbocycles. The van der Waals surface area contributed by atoms with E-state index in [4.69, 9.17) is 11.5 Å². The Labute approximate surface area is 179 Å². The monoisotopic (exact) mass is 435 g/mol. The second kappa shape index (κ2) is 12.3. The van der Waals surface area contributed by atoms with Crippen molar-refractivity contribution in [1.29, 1.82) is 0 Å². The summed E-state index contributed by atoms with van der Waals surface area (Å²) in [6, 6.07) is 5.39. The predicted octanol–water partition coefficient (Wildman–Crippen LogP) is -1.74. The summed E-state index contributed by atoms with van der Waals surface area (Å²) in [7, 11) is 0. The van der Waals surface area contributed by atoms with Gasteiger partial charge in [-0.1, -0.05) is 44.2 Å². The Balaban J connectivity index is 2.63. The highest BCUT2D eigenvalue weighted by Crippen LogP contribution is 2.04. The number of carboxylic acids is 1. The van der Waals surface area contributed by atoms with E-state index in [2.05, 4.69) is 16.0 Å². The third-order valence-corrected chi connectivity index (χ3v) is 4.34. The summed E-state index contributed by atoms with van der Waals surface area (Å²) in [5, 5.41) is 16.5. The molecule has 1 aromatic carbocycles. The maximum Gasteiger partial charge on any atom is 0.326 e. The van der Waals surface area contributed by atoms with Crippen molar-refractivity contribution in [1.82, 2.24) is 16.0 Å². The molecule has 3 unspecified atom stereocenters. The van der Waals surface area contributed by atoms with Crippen LogP contribution in [0.2, 0.25) is 0 Å². The molecule has 0 spiro atoms. The maximum absolute atomic E-state index is 12.4. The molecule has 0 saturated heterocycles. The van der Waals surface area contributed by atoms with Crippen LogP contribution in [0, 0.1) is 5.92 Å². The smallest absolute Gasteiger partial charge is 0.326 e. The highest BCUT2D eigenvalue weighted by atomic mass is 16.4. The second-order valence-electron chi connectivity index (χ2n) is 7.37. The van der Waals surface area contributed by atoms with E-state index in [-0.39, 0.29) is 18.8 Å². The molecule has 170 valence electrons. The van der Waals surface area contributed by atoms with E-state index < -0.39 is 54.3 Å². The van der Waals surface area contributed by atoms with Crippen molar-refractivity contribution in [2.24, 2.45) is 17.4 Å². The lowest BCUT2D eigenvalue weighted by atomic mass is 10.0. The lowest BCUT2D eigenvalue weighted by Crippen LogP contribution is -2.55. The standard InChI is InChI=1S/C20H29N5O6/c1-11(2)17(25-18(28)13(21)9-15(22)26)19(29)23-10-16(27)24-14(20(30)31)8-12-6-4-3-5-7-12/h3-7,11,13-14,17H,8-10,21H2,1-2H3,(H2,22,26)(H,23,29)(H,24,27)(H,25,28)(H,30,31). The molecule has 11 nitrogen and oxygen atoms in total. The summed E-state index contributed by atoms with van der Waals surface area (Å²) >= 11 is 0. The van der Waals surface area contributed by atoms with Crippen molar-refractivity contribution in [3.05, 3.63) is 35.9 Å². The number of rotatable bonds is 12. The summed E-state index contributed by atoms with van der Waals surface area (Å²) < 4.78 is 0. The van der Waals surface area contributed by atoms with Crippen LogP contribution in [-0.2, 0) is 30.4 Å². The van der Waals surface area contributed by atoms with Gasteiger partial charge in [0.1, 0.15) is 12.1 Å². The van der Waals surface area contributed by atoms with Gasteiger partial charge in [0, 0.05) is 6.42 Å². The number of benzene rings is 1. The zero-order valence-corrected chi connectivity index (χ0v) is 17.5. The normalized spacial score (nSPS) is 13.5. The van der Waals surface area contributed by atoms with Gasteiger partial charge in [0.05, 0.1) is 19.0 Å². The highest BCUT2D eigenvalue weighted by Gasteiger charge is 2.28. The van der Waals surface area contributed by atoms with E-state index in [1.54, 1.807) is 44.2 Å². The Hall–Kier alpha value is -3.47. The predicted molar refractivity (Wildman–Crippen MR) is 111 cm³/mol. The average molecular weight is 435 g/mol. The van der Waals surface area contributed by atoms with Crippen LogP contribution in [0.25, 0.3) is 0 Å². The fourth-order valence-electron chi connectivity index (χ4n) is 2.68. The van der Waals surface area contributed by atoms with Crippen molar-refractivity contribution < 1.29 is 29.1 Å². The summed E-state index contributed by atoms with van der Waals surface area (Å²) in [6.07, 6.45) is -0.295. The molecule has 31 heavy (non-hydrogen) atoms. The number of aliphatic carboxylic acids is 1. The van der Waals surface area contributed by atoms with Crippen LogP contribution in [-0.4, -0.2) is 59.4 Å². The number of hydrogen-bond donors (Lipinski definition) is 6. The molecule has 0 aliphatic heterocycles. The van der Waals surface area contributed by atoms with E-state index in [1.807, 2.05) is 0 Å². The number of nitrogens with two attached hydrogens (primary N) is 2. The zero-order chi connectivity index (χ0) is 23.6. The van der Waals surface area contributed by atoms with Gasteiger partial charge in [0.15, 0.2) is 0 Å². The van der Waals surface area contributed by atoms with Crippen LogP contribution < -0.4 is 27.4 Å². The Morgan fingerprint density at radius 3 is 2.13 bits per heavy atom. The van der Waals surface area contributed by atoms with Crippen molar-refractivity contribution in [2.45, 2.75) is 44.8 Å². The molecule has 0 radical (unpaired) electrons. The van der Waals surface area contributed by atoms with Gasteiger partial charge in [0.25, 0.3) is 0 Å². The fraction of sp³-hybridized carbons (Fsp3) is 0.450. The molecule has 3 atom stereocenters. The molecular formula is C20H29N5O6. The first kappa shape index (κ1) is 25.6. The Morgan fingerprint density at radius 2 is 1.61 bits per heavy atom. The van der Waals surface area contributed by atoms with Crippen molar-refractivity contribution in [2.75, 3.05) is 6.54 Å². The minimum Gasteiger partial charge on any atom is -0.480 e. The molecular weight excluding hydrogens is 406 g/mol. The molecule has 0 heterocycles. The number of carbonyl (C=O) groups is 5. The first-order chi connectivity index (χ1) is 14.5. The van der Waals surface area contributed by atoms with Gasteiger partial charge < -0.3 is 32.5 Å². The van der Waals surface area contributed by atoms with Crippen LogP contribution in [0.5, 0.6) is 0 Å². The largest absolute Gasteiger partial charge is 0.480 e. The number of primary amides is 1. The first-order valence-corrected chi connectivity index (χ1v) is 9.69. The highest BCUT2D eigenvalue weighted by molar-refractivity contribution is 5.94. The molecule has 0 fully saturated rings. The fourth-order valence-corrected chi connectivity index (χ4v) is 2.68. The van der Waals surface area contributed by atoms with Crippen molar-refractivity contribution >= 4 is 29.6 Å². The Bertz CT molecular complexity index is 799. The van der Waals surface area contributed by atoms with Gasteiger partial charge in [-0.05, 0) is 11.5 Å². The number of nitrogens with one attached hydrogen (secondary N) is 3. The molecule has 11 heteroatoms. The van der Waals surface area contributed by atoms with Gasteiger partial charge in [-0.15, -0.1) is 0 Å². The summed E-state index contributed by atoms with van der Waals surface area (Å²) in [6.45, 7) is 2.86. The van der Waals surface area contributed by atoms with E-state index in [0.717, 1.165) is 5.56 Å². The topological polar surface area (TPSA) is 194 Å². The van der Waals surface area contributed by atoms with Gasteiger partial charge in [-0.2, -0.15) is 0 Å². The summed E-state index contributed by atoms with van der Waals surface area (Å²) in [5.41, 5.74) is 11.3. The third-order valence-electron chi connectivity index (χ3n) is 4.34. The lowest BCUT2D eigenvalue weighted by molar-refractivity contribution is -0.141. The number of hydrogen-bond acceptors (Lipinski definition) is 6. The zero-order valence-electron chi connectivity index (χ0n) is 17.5. The van der Waals surface area contributed by atoms with Crippen molar-refractivity contribution in [3.63, 3.8) is 0 Å². The summed E-state index contributed by atoms with van der Waals surface area (Å²) in [5.74, 6) is -4.40. The van der Waals surface area contributed by atoms with Gasteiger partial charge >= 0.3 is 5.97 Å². The number of amides is 4. The molecule has 1 rings (SSSR count). The molecule has 0 aliphatic carbocycles. The quantitative estimate of drug-likeness (QED) is 0.224. The molecule has 1 aromatic rings. The number of carbonyl (C=O) groups excluding carboxylic acids is 4. The van der Waals surface area contributed by atoms with Gasteiger partial charge in [-0.25, -0.2) is 4.79 Å². The minimum absolute atomic E-state index is 0.0816. The third kappa shape index (κ3) is 9.26. The van der Waals surface area contributed by atoms with E-state index in [0.29, 0.717) is 0 Å². The molecule has 4 amide bonds. The summed E-state index contributed by atoms with van der Waals surface area (Å²) in [4.78, 5) is 59.0. The van der Waals surface area contributed by atoms with Crippen molar-refractivity contribution in [3.8, 4) is 0 Å². The lowest BCUT2D eigenvalue weighted by Gasteiger charge is -2.23. The Morgan fingerprint density at radius 1 is 1.00 bits per heavy atom. The molecule has 0 bridgehead atoms. The van der Waals surface area contributed by atoms with Gasteiger partial charge in [0.2, 0.25) is 23.6 Å². The van der Waals surface area contributed by atoms with E-state index in [1.165, 1.54) is 0 Å². The second-order valence-corrected chi connectivity index (χ2v) is 7.37. The van der Waals surface area contributed by atoms with E-state index >= 15 is 0 Å². The molecule has 0 aliphatic rings. The van der Waals surface area contributed by atoms with Gasteiger partial charge in [-0.3, -0.25) is 19.2 Å². The Kier molecular flexibility index (Phi) is 10.1. The first-order valence-electron chi connectivity index (χ1n) is 9.69. The van der Waals surface area contributed by atoms with Crippen LogP contribution in [0.1, 0.15) is 25.8 Å². The number of carboxylic acid groups (broad SMARTS) is 1. The minimum atomic E-state index is -1.21. The molecule has 0 aromatic heterocycles. The van der Waals surface area contributed by atoms with Crippen LogP contribution in [0.15, 0.2) is 30.3 Å². The SMILES string of the molecule is CC(C)C(NC(=O)C(N)CC(N)=O)C(=O)NCC(=O)NC(Cc1ccccc1)C(=O)O. The van der Waals surface area contributed by atoms with Crippen LogP contribution in [0.3, 0.4) is 0 Å². The van der Waals surface area contributed by atoms with Crippen LogP contribution >= 0.6 is 0 Å².